The van der Waals surface area contributed by atoms with E-state index in [0.717, 1.165) is 6.42 Å². The number of carbonyl (C=O) groups excluding carboxylic acids is 1. The third-order valence-corrected chi connectivity index (χ3v) is 1.06. The highest BCUT2D eigenvalue weighted by Gasteiger charge is 1.96. The molecule has 1 unspecified atom stereocenters. The summed E-state index contributed by atoms with van der Waals surface area (Å²) in [4.78, 5) is 18.7. The molecule has 0 aliphatic heterocycles. The molecule has 0 aromatic heterocycles. The van der Waals surface area contributed by atoms with Crippen LogP contribution < -0.4 is 5.32 Å². The summed E-state index contributed by atoms with van der Waals surface area (Å²) in [6.45, 7) is 9.31. The fraction of sp³-hybridized carbons (Fsp3) is 0.778. The predicted molar refractivity (Wildman–Crippen MR) is 53.6 cm³/mol. The average Bonchev–Trinajstić information content (AvgIpc) is 2.08. The topological polar surface area (TPSA) is 66.4 Å². The molecule has 4 nitrogen and oxygen atoms in total. The molecule has 0 bridgehead atoms. The van der Waals surface area contributed by atoms with Crippen molar-refractivity contribution in [2.75, 3.05) is 0 Å². The Hall–Kier alpha value is -1.06. The van der Waals surface area contributed by atoms with Crippen LogP contribution in [0.4, 0.5) is 0 Å². The first-order chi connectivity index (χ1) is 6.08. The highest BCUT2D eigenvalue weighted by Crippen LogP contribution is 1.85. The van der Waals surface area contributed by atoms with Crippen LogP contribution in [0.3, 0.4) is 0 Å². The number of carbonyl (C=O) groups is 2. The summed E-state index contributed by atoms with van der Waals surface area (Å²) in [6.07, 6.45) is 1.000. The van der Waals surface area contributed by atoms with Crippen molar-refractivity contribution >= 4 is 12.4 Å². The lowest BCUT2D eigenvalue weighted by Crippen LogP contribution is -2.29. The maximum absolute atomic E-state index is 10.3. The molecule has 1 amide bonds. The largest absolute Gasteiger partial charge is 0.483 e. The van der Waals surface area contributed by atoms with Gasteiger partial charge in [0.2, 0.25) is 5.91 Å². The van der Waals surface area contributed by atoms with Gasteiger partial charge >= 0.3 is 0 Å². The van der Waals surface area contributed by atoms with Crippen LogP contribution in [0.25, 0.3) is 0 Å². The summed E-state index contributed by atoms with van der Waals surface area (Å²) >= 11 is 0. The Morgan fingerprint density at radius 3 is 1.92 bits per heavy atom. The fourth-order valence-corrected chi connectivity index (χ4v) is 0.449. The van der Waals surface area contributed by atoms with E-state index < -0.39 is 0 Å². The van der Waals surface area contributed by atoms with Gasteiger partial charge in [-0.05, 0) is 13.3 Å². The molecule has 0 aliphatic carbocycles. The number of carboxylic acid groups (broad SMARTS) is 1. The Bertz CT molecular complexity index is 115. The minimum absolute atomic E-state index is 0.0550. The van der Waals surface area contributed by atoms with Gasteiger partial charge in [-0.25, -0.2) is 0 Å². The molecule has 0 radical (unpaired) electrons. The van der Waals surface area contributed by atoms with E-state index >= 15 is 0 Å². The molecule has 80 valence electrons. The maximum Gasteiger partial charge on any atom is 0.290 e. The van der Waals surface area contributed by atoms with Crippen molar-refractivity contribution in [1.29, 1.82) is 0 Å². The minimum atomic E-state index is -0.250. The van der Waals surface area contributed by atoms with E-state index in [-0.39, 0.29) is 12.4 Å². The molecular weight excluding hydrogens is 170 g/mol. The summed E-state index contributed by atoms with van der Waals surface area (Å²) in [5, 5.41) is 9.64. The average molecular weight is 191 g/mol. The minimum Gasteiger partial charge on any atom is -0.483 e. The summed E-state index contributed by atoms with van der Waals surface area (Å²) < 4.78 is 0. The number of hydrogen-bond acceptors (Lipinski definition) is 2. The molecule has 0 rings (SSSR count). The summed E-state index contributed by atoms with van der Waals surface area (Å²) in [5.41, 5.74) is 0. The van der Waals surface area contributed by atoms with Crippen LogP contribution in [0.5, 0.6) is 0 Å². The standard InChI is InChI=1S/C6H13NO.C2H6.CH2O2/c1-4-5(2)7-6(3)8;1-2;2-1-3/h5H,4H2,1-3H3,(H,7,8);1-2H3;1H,(H,2,3). The lowest BCUT2D eigenvalue weighted by molar-refractivity contribution is -0.123. The lowest BCUT2D eigenvalue weighted by atomic mass is 10.3. The molecular formula is C9H21NO3. The number of amides is 1. The molecule has 0 heterocycles. The van der Waals surface area contributed by atoms with Crippen molar-refractivity contribution in [3.8, 4) is 0 Å². The Labute approximate surface area is 80.3 Å². The molecule has 13 heavy (non-hydrogen) atoms. The third kappa shape index (κ3) is 35.8. The van der Waals surface area contributed by atoms with Crippen molar-refractivity contribution in [2.24, 2.45) is 0 Å². The van der Waals surface area contributed by atoms with Crippen LogP contribution in [-0.2, 0) is 9.59 Å². The zero-order valence-electron chi connectivity index (χ0n) is 9.13. The predicted octanol–water partition coefficient (Wildman–Crippen LogP) is 1.65. The summed E-state index contributed by atoms with van der Waals surface area (Å²) in [6, 6.07) is 0.326. The van der Waals surface area contributed by atoms with Gasteiger partial charge in [0.25, 0.3) is 6.47 Å². The molecule has 2 N–H and O–H groups in total. The molecule has 0 fully saturated rings. The first-order valence-electron chi connectivity index (χ1n) is 4.43. The maximum atomic E-state index is 10.3. The van der Waals surface area contributed by atoms with E-state index in [1.807, 2.05) is 27.7 Å². The number of rotatable bonds is 2. The monoisotopic (exact) mass is 191 g/mol. The molecule has 0 aromatic rings. The molecule has 0 saturated carbocycles. The normalized spacial score (nSPS) is 9.31. The quantitative estimate of drug-likeness (QED) is 0.652. The Balaban J connectivity index is -0.000000169. The van der Waals surface area contributed by atoms with E-state index in [0.29, 0.717) is 6.04 Å². The van der Waals surface area contributed by atoms with Crippen molar-refractivity contribution in [3.05, 3.63) is 0 Å². The molecule has 0 aliphatic rings. The first kappa shape index (κ1) is 17.9. The SMILES string of the molecule is CC.CCC(C)NC(C)=O.O=CO. The van der Waals surface area contributed by atoms with E-state index in [2.05, 4.69) is 5.32 Å². The van der Waals surface area contributed by atoms with Gasteiger partial charge in [0, 0.05) is 13.0 Å². The molecule has 4 heteroatoms. The summed E-state index contributed by atoms with van der Waals surface area (Å²) in [5.74, 6) is 0.0550. The summed E-state index contributed by atoms with van der Waals surface area (Å²) in [7, 11) is 0. The Kier molecular flexibility index (Phi) is 23.6. The third-order valence-electron chi connectivity index (χ3n) is 1.06. The molecule has 0 aromatic carbocycles. The van der Waals surface area contributed by atoms with E-state index in [4.69, 9.17) is 9.90 Å². The Morgan fingerprint density at radius 1 is 1.54 bits per heavy atom. The van der Waals surface area contributed by atoms with Gasteiger partial charge in [-0.15, -0.1) is 0 Å². The number of hydrogen-bond donors (Lipinski definition) is 2. The van der Waals surface area contributed by atoms with Crippen LogP contribution in [0.15, 0.2) is 0 Å². The van der Waals surface area contributed by atoms with Gasteiger partial charge in [-0.2, -0.15) is 0 Å². The van der Waals surface area contributed by atoms with Gasteiger partial charge < -0.3 is 10.4 Å². The highest BCUT2D eigenvalue weighted by atomic mass is 16.3. The van der Waals surface area contributed by atoms with Gasteiger partial charge in [-0.3, -0.25) is 9.59 Å². The second-order valence-corrected chi connectivity index (χ2v) is 2.12. The zero-order chi connectivity index (χ0) is 11.3. The molecule has 1 atom stereocenters. The number of nitrogens with one attached hydrogen (secondary N) is 1. The van der Waals surface area contributed by atoms with Crippen molar-refractivity contribution in [2.45, 2.75) is 47.1 Å². The second-order valence-electron chi connectivity index (χ2n) is 2.12. The lowest BCUT2D eigenvalue weighted by Gasteiger charge is -2.07. The van der Waals surface area contributed by atoms with Crippen LogP contribution >= 0.6 is 0 Å². The van der Waals surface area contributed by atoms with Gasteiger partial charge in [0.1, 0.15) is 0 Å². The van der Waals surface area contributed by atoms with Crippen LogP contribution in [0.2, 0.25) is 0 Å². The van der Waals surface area contributed by atoms with Gasteiger partial charge in [0.05, 0.1) is 0 Å². The van der Waals surface area contributed by atoms with Crippen LogP contribution in [-0.4, -0.2) is 23.5 Å². The van der Waals surface area contributed by atoms with E-state index in [9.17, 15) is 4.79 Å². The van der Waals surface area contributed by atoms with Crippen molar-refractivity contribution < 1.29 is 14.7 Å². The van der Waals surface area contributed by atoms with E-state index in [1.165, 1.54) is 6.92 Å². The smallest absolute Gasteiger partial charge is 0.290 e. The first-order valence-corrected chi connectivity index (χ1v) is 4.43. The fourth-order valence-electron chi connectivity index (χ4n) is 0.449. The van der Waals surface area contributed by atoms with Crippen LogP contribution in [0.1, 0.15) is 41.0 Å². The van der Waals surface area contributed by atoms with Gasteiger partial charge in [-0.1, -0.05) is 20.8 Å². The van der Waals surface area contributed by atoms with E-state index in [1.54, 1.807) is 0 Å². The van der Waals surface area contributed by atoms with Crippen molar-refractivity contribution in [3.63, 3.8) is 0 Å². The second kappa shape index (κ2) is 17.1. The highest BCUT2D eigenvalue weighted by molar-refractivity contribution is 5.73. The van der Waals surface area contributed by atoms with Crippen molar-refractivity contribution in [1.82, 2.24) is 5.32 Å². The van der Waals surface area contributed by atoms with Gasteiger partial charge in [0.15, 0.2) is 0 Å². The Morgan fingerprint density at radius 2 is 1.85 bits per heavy atom. The molecule has 0 saturated heterocycles. The molecule has 0 spiro atoms. The van der Waals surface area contributed by atoms with Crippen LogP contribution in [0, 0.1) is 0 Å². The zero-order valence-corrected chi connectivity index (χ0v) is 9.13.